The Labute approximate surface area is 227 Å². The van der Waals surface area contributed by atoms with E-state index in [-0.39, 0.29) is 0 Å². The van der Waals surface area contributed by atoms with Crippen molar-refractivity contribution in [2.75, 3.05) is 0 Å². The molecular formula is C27H36N6S3. The molecule has 1 aromatic carbocycles. The summed E-state index contributed by atoms with van der Waals surface area (Å²) in [6.45, 7) is 6.92. The van der Waals surface area contributed by atoms with Crippen molar-refractivity contribution in [3.63, 3.8) is 0 Å². The molecule has 0 aliphatic carbocycles. The Morgan fingerprint density at radius 3 is 0.972 bits per heavy atom. The summed E-state index contributed by atoms with van der Waals surface area (Å²) in [6, 6.07) is 0. The fraction of sp³-hybridized carbons (Fsp3) is 0.444. The van der Waals surface area contributed by atoms with E-state index in [0.29, 0.717) is 0 Å². The van der Waals surface area contributed by atoms with Gasteiger partial charge in [-0.05, 0) is 52.6 Å². The number of aryl methyl sites for hydroxylation is 3. The second-order valence-electron chi connectivity index (χ2n) is 8.76. The van der Waals surface area contributed by atoms with Crippen LogP contribution >= 0.6 is 35.3 Å². The lowest BCUT2D eigenvalue weighted by Crippen LogP contribution is -2.12. The molecule has 6 nitrogen and oxygen atoms in total. The summed E-state index contributed by atoms with van der Waals surface area (Å²) in [5.41, 5.74) is 9.02. The molecule has 4 rings (SSSR count). The van der Waals surface area contributed by atoms with Crippen molar-refractivity contribution in [1.82, 2.24) is 28.7 Å². The zero-order valence-corrected chi connectivity index (χ0v) is 24.6. The van der Waals surface area contributed by atoms with Gasteiger partial charge in [-0.15, -0.1) is 0 Å². The average molecular weight is 541 g/mol. The quantitative estimate of drug-likeness (QED) is 0.193. The first kappa shape index (κ1) is 26.9. The summed E-state index contributed by atoms with van der Waals surface area (Å²) in [6.07, 6.45) is 14.8. The number of aromatic nitrogens is 6. The Morgan fingerprint density at radius 2 is 0.778 bits per heavy atom. The first-order chi connectivity index (χ1) is 17.5. The predicted molar refractivity (Wildman–Crippen MR) is 153 cm³/mol. The number of rotatable bonds is 12. The van der Waals surface area contributed by atoms with Crippen LogP contribution in [0, 0.1) is 0 Å². The van der Waals surface area contributed by atoms with Crippen molar-refractivity contribution in [2.24, 2.45) is 21.1 Å². The topological polar surface area (TPSA) is 53.5 Å². The highest BCUT2D eigenvalue weighted by Gasteiger charge is 2.23. The van der Waals surface area contributed by atoms with Gasteiger partial charge in [0.2, 0.25) is 0 Å². The van der Waals surface area contributed by atoms with Gasteiger partial charge >= 0.3 is 0 Å². The molecule has 192 valence electrons. The number of hydrogen-bond donors (Lipinski definition) is 0. The van der Waals surface area contributed by atoms with Crippen molar-refractivity contribution in [3.8, 4) is 0 Å². The lowest BCUT2D eigenvalue weighted by atomic mass is 9.85. The van der Waals surface area contributed by atoms with Crippen molar-refractivity contribution in [2.45, 2.75) is 72.8 Å². The molecule has 0 fully saturated rings. The molecule has 0 aliphatic rings. The van der Waals surface area contributed by atoms with E-state index in [4.69, 9.17) is 0 Å². The summed E-state index contributed by atoms with van der Waals surface area (Å²) in [5.74, 6) is 2.80. The lowest BCUT2D eigenvalue weighted by molar-refractivity contribution is 0.788. The maximum atomic E-state index is 4.58. The molecule has 0 amide bonds. The fourth-order valence-corrected chi connectivity index (χ4v) is 7.84. The Kier molecular flexibility index (Phi) is 9.30. The maximum absolute atomic E-state index is 4.58. The summed E-state index contributed by atoms with van der Waals surface area (Å²) in [7, 11) is 6.21. The summed E-state index contributed by atoms with van der Waals surface area (Å²) >= 11 is 5.52. The van der Waals surface area contributed by atoms with Crippen LogP contribution in [-0.2, 0) is 57.7 Å². The Hall–Kier alpha value is -2.10. The normalized spacial score (nSPS) is 11.5. The molecule has 0 bridgehead atoms. The average Bonchev–Trinajstić information content (AvgIpc) is 3.60. The summed E-state index contributed by atoms with van der Waals surface area (Å²) < 4.78 is 6.33. The van der Waals surface area contributed by atoms with E-state index in [2.05, 4.69) is 70.6 Å². The molecule has 0 radical (unpaired) electrons. The van der Waals surface area contributed by atoms with E-state index >= 15 is 0 Å². The SMILES string of the molecule is CCc1c(CSc2nccn2C)c(CC)c(CSc2nccn2C)c(CC)c1CSc1nccn1C. The van der Waals surface area contributed by atoms with Crippen molar-refractivity contribution >= 4 is 35.3 Å². The van der Waals surface area contributed by atoms with Crippen molar-refractivity contribution in [3.05, 3.63) is 70.6 Å². The highest BCUT2D eigenvalue weighted by molar-refractivity contribution is 7.98. The van der Waals surface area contributed by atoms with Gasteiger partial charge in [-0.25, -0.2) is 15.0 Å². The monoisotopic (exact) mass is 540 g/mol. The van der Waals surface area contributed by atoms with E-state index in [9.17, 15) is 0 Å². The zero-order chi connectivity index (χ0) is 25.7. The molecule has 0 saturated heterocycles. The molecule has 0 aliphatic heterocycles. The van der Waals surface area contributed by atoms with E-state index in [1.165, 1.54) is 33.4 Å². The van der Waals surface area contributed by atoms with Gasteiger partial charge in [-0.3, -0.25) is 0 Å². The Morgan fingerprint density at radius 1 is 0.500 bits per heavy atom. The first-order valence-electron chi connectivity index (χ1n) is 12.5. The summed E-state index contributed by atoms with van der Waals surface area (Å²) in [4.78, 5) is 13.7. The number of hydrogen-bond acceptors (Lipinski definition) is 6. The third-order valence-electron chi connectivity index (χ3n) is 6.61. The highest BCUT2D eigenvalue weighted by Crippen LogP contribution is 2.39. The van der Waals surface area contributed by atoms with Gasteiger partial charge in [-0.1, -0.05) is 56.1 Å². The van der Waals surface area contributed by atoms with Gasteiger partial charge in [0.1, 0.15) is 0 Å². The van der Waals surface area contributed by atoms with Gasteiger partial charge in [0.15, 0.2) is 15.5 Å². The van der Waals surface area contributed by atoms with Gasteiger partial charge in [-0.2, -0.15) is 0 Å². The number of thioether (sulfide) groups is 3. The highest BCUT2D eigenvalue weighted by atomic mass is 32.2. The summed E-state index contributed by atoms with van der Waals surface area (Å²) in [5, 5.41) is 3.18. The molecule has 36 heavy (non-hydrogen) atoms. The van der Waals surface area contributed by atoms with Gasteiger partial charge in [0.25, 0.3) is 0 Å². The molecule has 0 saturated carbocycles. The molecule has 3 heterocycles. The minimum atomic E-state index is 0.932. The number of nitrogens with zero attached hydrogens (tertiary/aromatic N) is 6. The largest absolute Gasteiger partial charge is 0.329 e. The third kappa shape index (κ3) is 5.73. The Bertz CT molecular complexity index is 1120. The van der Waals surface area contributed by atoms with Crippen LogP contribution in [0.25, 0.3) is 0 Å². The molecule has 0 unspecified atom stereocenters. The molecule has 3 aromatic heterocycles. The van der Waals surface area contributed by atoms with Crippen LogP contribution in [0.2, 0.25) is 0 Å². The van der Waals surface area contributed by atoms with E-state index in [0.717, 1.165) is 52.0 Å². The fourth-order valence-electron chi connectivity index (χ4n) is 4.78. The molecule has 0 spiro atoms. The lowest BCUT2D eigenvalue weighted by Gasteiger charge is -2.26. The second-order valence-corrected chi connectivity index (χ2v) is 11.6. The maximum Gasteiger partial charge on any atom is 0.167 e. The smallest absolute Gasteiger partial charge is 0.167 e. The predicted octanol–water partition coefficient (Wildman–Crippen LogP) is 6.45. The van der Waals surface area contributed by atoms with Crippen LogP contribution in [0.3, 0.4) is 0 Å². The molecule has 0 N–H and O–H groups in total. The molecule has 9 heteroatoms. The van der Waals surface area contributed by atoms with Crippen LogP contribution < -0.4 is 0 Å². The van der Waals surface area contributed by atoms with Crippen LogP contribution in [-0.4, -0.2) is 28.7 Å². The van der Waals surface area contributed by atoms with Crippen LogP contribution in [0.4, 0.5) is 0 Å². The minimum absolute atomic E-state index is 0.932. The number of imidazole rings is 3. The zero-order valence-electron chi connectivity index (χ0n) is 22.1. The molecular weight excluding hydrogens is 505 g/mol. The molecule has 0 atom stereocenters. The molecule has 4 aromatic rings. The van der Waals surface area contributed by atoms with Crippen LogP contribution in [0.15, 0.2) is 52.7 Å². The Balaban J connectivity index is 1.79. The number of benzene rings is 1. The van der Waals surface area contributed by atoms with E-state index in [1.54, 1.807) is 0 Å². The van der Waals surface area contributed by atoms with E-state index in [1.807, 2.05) is 72.5 Å². The standard InChI is InChI=1S/C27H36N6S3/c1-7-19-22(16-34-25-28-10-13-31(25)4)20(8-2)24(18-36-27-30-12-15-33(27)6)21(9-3)23(19)17-35-26-29-11-14-32(26)5/h10-15H,7-9,16-18H2,1-6H3. The van der Waals surface area contributed by atoms with Gasteiger partial charge < -0.3 is 13.7 Å². The minimum Gasteiger partial charge on any atom is -0.329 e. The van der Waals surface area contributed by atoms with Crippen LogP contribution in [0.5, 0.6) is 0 Å². The van der Waals surface area contributed by atoms with Crippen LogP contribution in [0.1, 0.15) is 54.2 Å². The third-order valence-corrected chi connectivity index (χ3v) is 9.87. The van der Waals surface area contributed by atoms with E-state index < -0.39 is 0 Å². The first-order valence-corrected chi connectivity index (χ1v) is 15.4. The second kappa shape index (κ2) is 12.4. The van der Waals surface area contributed by atoms with Crippen molar-refractivity contribution in [1.29, 1.82) is 0 Å². The van der Waals surface area contributed by atoms with Crippen molar-refractivity contribution < 1.29 is 0 Å². The van der Waals surface area contributed by atoms with Gasteiger partial charge in [0.05, 0.1) is 0 Å². The van der Waals surface area contributed by atoms with Gasteiger partial charge in [0, 0.05) is 75.6 Å².